The molecule has 176 valence electrons. The van der Waals surface area contributed by atoms with Crippen molar-refractivity contribution in [1.29, 1.82) is 0 Å². The van der Waals surface area contributed by atoms with E-state index in [2.05, 4.69) is 33.8 Å². The summed E-state index contributed by atoms with van der Waals surface area (Å²) in [5.74, 6) is -1.69. The van der Waals surface area contributed by atoms with E-state index in [-0.39, 0.29) is 23.0 Å². The van der Waals surface area contributed by atoms with Gasteiger partial charge in [0.1, 0.15) is 0 Å². The minimum absolute atomic E-state index is 0.0788. The zero-order valence-electron chi connectivity index (χ0n) is 20.2. The first-order valence-corrected chi connectivity index (χ1v) is 12.5. The van der Waals surface area contributed by atoms with Crippen molar-refractivity contribution < 1.29 is 19.8 Å². The van der Waals surface area contributed by atoms with Gasteiger partial charge in [0.05, 0.1) is 11.1 Å². The number of carboxylic acids is 2. The Bertz CT molecular complexity index is 915. The summed E-state index contributed by atoms with van der Waals surface area (Å²) in [4.78, 5) is 24.7. The summed E-state index contributed by atoms with van der Waals surface area (Å²) in [5, 5.41) is 21.3. The zero-order valence-corrected chi connectivity index (χ0v) is 20.2. The van der Waals surface area contributed by atoms with E-state index in [1.807, 2.05) is 6.07 Å². The van der Waals surface area contributed by atoms with E-state index >= 15 is 0 Å². The maximum atomic E-state index is 12.7. The molecular formula is C28H40O4. The summed E-state index contributed by atoms with van der Waals surface area (Å²) < 4.78 is 0. The van der Waals surface area contributed by atoms with Crippen LogP contribution in [0.2, 0.25) is 0 Å². The number of rotatable bonds is 14. The molecule has 0 radical (unpaired) electrons. The van der Waals surface area contributed by atoms with Gasteiger partial charge in [-0.15, -0.1) is 0 Å². The molecule has 2 N–H and O–H groups in total. The Labute approximate surface area is 193 Å². The maximum Gasteiger partial charge on any atom is 0.336 e. The Morgan fingerprint density at radius 2 is 1.41 bits per heavy atom. The zero-order chi connectivity index (χ0) is 23.7. The highest BCUT2D eigenvalue weighted by Crippen LogP contribution is 2.42. The molecule has 0 aromatic heterocycles. The molecule has 2 atom stereocenters. The highest BCUT2D eigenvalue weighted by Gasteiger charge is 2.29. The third kappa shape index (κ3) is 5.90. The summed E-state index contributed by atoms with van der Waals surface area (Å²) in [5.41, 5.74) is 2.31. The minimum Gasteiger partial charge on any atom is -0.478 e. The lowest BCUT2D eigenvalue weighted by atomic mass is 9.76. The third-order valence-electron chi connectivity index (χ3n) is 6.83. The second-order valence-electron chi connectivity index (χ2n) is 8.97. The number of benzene rings is 2. The summed E-state index contributed by atoms with van der Waals surface area (Å²) in [6.45, 7) is 8.67. The highest BCUT2D eigenvalue weighted by atomic mass is 16.4. The number of carbonyl (C=O) groups is 2. The van der Waals surface area contributed by atoms with E-state index < -0.39 is 11.9 Å². The molecule has 0 aliphatic rings. The SMILES string of the molecule is CCCCCC(CC)c1cc2cccc(C(=O)O)c2c(C(=O)O)c1C(CC)CCCCC. The van der Waals surface area contributed by atoms with Gasteiger partial charge < -0.3 is 10.2 Å². The fourth-order valence-electron chi connectivity index (χ4n) is 5.09. The predicted octanol–water partition coefficient (Wildman–Crippen LogP) is 8.38. The fourth-order valence-corrected chi connectivity index (χ4v) is 5.09. The van der Waals surface area contributed by atoms with Gasteiger partial charge in [-0.2, -0.15) is 0 Å². The Hall–Kier alpha value is -2.36. The van der Waals surface area contributed by atoms with E-state index in [4.69, 9.17) is 0 Å². The monoisotopic (exact) mass is 440 g/mol. The fraction of sp³-hybridized carbons (Fsp3) is 0.571. The number of fused-ring (bicyclic) bond motifs is 1. The Morgan fingerprint density at radius 3 is 1.91 bits per heavy atom. The Morgan fingerprint density at radius 1 is 0.812 bits per heavy atom. The lowest BCUT2D eigenvalue weighted by Crippen LogP contribution is -2.16. The van der Waals surface area contributed by atoms with Gasteiger partial charge in [-0.3, -0.25) is 0 Å². The Balaban J connectivity index is 2.84. The molecule has 0 bridgehead atoms. The van der Waals surface area contributed by atoms with Gasteiger partial charge in [-0.25, -0.2) is 9.59 Å². The molecule has 4 heteroatoms. The molecule has 2 rings (SSSR count). The molecule has 4 nitrogen and oxygen atoms in total. The van der Waals surface area contributed by atoms with Crippen molar-refractivity contribution in [3.63, 3.8) is 0 Å². The van der Waals surface area contributed by atoms with E-state index in [0.29, 0.717) is 5.39 Å². The van der Waals surface area contributed by atoms with Crippen LogP contribution in [-0.2, 0) is 0 Å². The van der Waals surface area contributed by atoms with E-state index in [0.717, 1.165) is 74.3 Å². The van der Waals surface area contributed by atoms with Crippen molar-refractivity contribution >= 4 is 22.7 Å². The van der Waals surface area contributed by atoms with Crippen molar-refractivity contribution in [2.75, 3.05) is 0 Å². The average molecular weight is 441 g/mol. The molecule has 0 heterocycles. The van der Waals surface area contributed by atoms with Gasteiger partial charge in [-0.05, 0) is 60.1 Å². The van der Waals surface area contributed by atoms with Gasteiger partial charge in [0, 0.05) is 5.39 Å². The first kappa shape index (κ1) is 25.9. The van der Waals surface area contributed by atoms with E-state index in [9.17, 15) is 19.8 Å². The molecule has 0 spiro atoms. The Kier molecular flexibility index (Phi) is 10.2. The van der Waals surface area contributed by atoms with Crippen molar-refractivity contribution in [2.24, 2.45) is 0 Å². The van der Waals surface area contributed by atoms with Crippen LogP contribution in [0.4, 0.5) is 0 Å². The molecule has 2 unspecified atom stereocenters. The van der Waals surface area contributed by atoms with Crippen LogP contribution < -0.4 is 0 Å². The van der Waals surface area contributed by atoms with Crippen LogP contribution in [0.25, 0.3) is 10.8 Å². The van der Waals surface area contributed by atoms with Crippen molar-refractivity contribution in [3.8, 4) is 0 Å². The molecule has 2 aromatic rings. The normalized spacial score (nSPS) is 13.2. The number of hydrogen-bond acceptors (Lipinski definition) is 2. The third-order valence-corrected chi connectivity index (χ3v) is 6.83. The van der Waals surface area contributed by atoms with E-state index in [1.54, 1.807) is 6.07 Å². The van der Waals surface area contributed by atoms with E-state index in [1.165, 1.54) is 12.5 Å². The first-order chi connectivity index (χ1) is 15.4. The summed E-state index contributed by atoms with van der Waals surface area (Å²) >= 11 is 0. The lowest BCUT2D eigenvalue weighted by molar-refractivity contribution is 0.0694. The van der Waals surface area contributed by atoms with Crippen LogP contribution in [0.3, 0.4) is 0 Å². The molecule has 2 aromatic carbocycles. The van der Waals surface area contributed by atoms with Crippen molar-refractivity contribution in [2.45, 2.75) is 104 Å². The van der Waals surface area contributed by atoms with Gasteiger partial charge in [0.25, 0.3) is 0 Å². The smallest absolute Gasteiger partial charge is 0.336 e. The molecule has 0 aliphatic carbocycles. The van der Waals surface area contributed by atoms with Crippen molar-refractivity contribution in [3.05, 3.63) is 46.5 Å². The van der Waals surface area contributed by atoms with Gasteiger partial charge in [0.15, 0.2) is 0 Å². The van der Waals surface area contributed by atoms with Crippen molar-refractivity contribution in [1.82, 2.24) is 0 Å². The number of hydrogen-bond donors (Lipinski definition) is 2. The van der Waals surface area contributed by atoms with Crippen LogP contribution in [0.1, 0.15) is 136 Å². The molecule has 32 heavy (non-hydrogen) atoms. The standard InChI is InChI=1S/C28H40O4/c1-5-9-11-14-19(7-3)23-18-21-16-13-17-22(27(29)30)25(21)26(28(31)32)24(23)20(8-4)15-12-10-6-2/h13,16-20H,5-12,14-15H2,1-4H3,(H,29,30)(H,31,32). The summed E-state index contributed by atoms with van der Waals surface area (Å²) in [6.07, 6.45) is 10.5. The van der Waals surface area contributed by atoms with Crippen LogP contribution in [-0.4, -0.2) is 22.2 Å². The highest BCUT2D eigenvalue weighted by molar-refractivity contribution is 6.14. The first-order valence-electron chi connectivity index (χ1n) is 12.5. The number of unbranched alkanes of at least 4 members (excludes halogenated alkanes) is 4. The maximum absolute atomic E-state index is 12.7. The quantitative estimate of drug-likeness (QED) is 0.289. The van der Waals surface area contributed by atoms with Crippen LogP contribution in [0.15, 0.2) is 24.3 Å². The molecule has 0 fully saturated rings. The van der Waals surface area contributed by atoms with Gasteiger partial charge >= 0.3 is 11.9 Å². The van der Waals surface area contributed by atoms with Gasteiger partial charge in [-0.1, -0.05) is 84.4 Å². The average Bonchev–Trinajstić information content (AvgIpc) is 2.78. The molecular weight excluding hydrogens is 400 g/mol. The summed E-state index contributed by atoms with van der Waals surface area (Å²) in [7, 11) is 0. The minimum atomic E-state index is -1.08. The second-order valence-corrected chi connectivity index (χ2v) is 8.97. The molecule has 0 amide bonds. The number of carboxylic acid groups (broad SMARTS) is 2. The topological polar surface area (TPSA) is 74.6 Å². The van der Waals surface area contributed by atoms with Gasteiger partial charge in [0.2, 0.25) is 0 Å². The van der Waals surface area contributed by atoms with Crippen LogP contribution >= 0.6 is 0 Å². The molecule has 0 aliphatic heterocycles. The lowest BCUT2D eigenvalue weighted by Gasteiger charge is -2.28. The molecule has 0 saturated heterocycles. The van der Waals surface area contributed by atoms with Crippen LogP contribution in [0, 0.1) is 0 Å². The second kappa shape index (κ2) is 12.6. The summed E-state index contributed by atoms with van der Waals surface area (Å²) in [6, 6.07) is 7.21. The largest absolute Gasteiger partial charge is 0.478 e. The number of aromatic carboxylic acids is 2. The molecule has 0 saturated carbocycles. The van der Waals surface area contributed by atoms with Crippen LogP contribution in [0.5, 0.6) is 0 Å². The predicted molar refractivity (Wildman–Crippen MR) is 132 cm³/mol.